The molecule has 0 radical (unpaired) electrons. The van der Waals surface area contributed by atoms with E-state index < -0.39 is 5.76 Å². The van der Waals surface area contributed by atoms with E-state index >= 15 is 0 Å². The van der Waals surface area contributed by atoms with Crippen molar-refractivity contribution in [3.05, 3.63) is 51.8 Å². The molecular formula is C26H34N6O3. The van der Waals surface area contributed by atoms with Gasteiger partial charge in [-0.05, 0) is 72.0 Å². The van der Waals surface area contributed by atoms with E-state index in [2.05, 4.69) is 39.9 Å². The van der Waals surface area contributed by atoms with E-state index in [9.17, 15) is 9.59 Å². The van der Waals surface area contributed by atoms with Gasteiger partial charge >= 0.3 is 5.76 Å². The Morgan fingerprint density at radius 1 is 1.20 bits per heavy atom. The van der Waals surface area contributed by atoms with Gasteiger partial charge in [0.25, 0.3) is 5.91 Å². The molecular weight excluding hydrogens is 444 g/mol. The van der Waals surface area contributed by atoms with Gasteiger partial charge in [-0.15, -0.1) is 0 Å². The number of hydrogen-bond acceptors (Lipinski definition) is 6. The number of fused-ring (bicyclic) bond motifs is 2. The minimum atomic E-state index is -0.409. The highest BCUT2D eigenvalue weighted by Gasteiger charge is 2.25. The second-order valence-electron chi connectivity index (χ2n) is 10.6. The number of carbonyl (C=O) groups is 1. The molecule has 4 rings (SSSR count). The Kier molecular flexibility index (Phi) is 6.31. The molecule has 0 aliphatic carbocycles. The lowest BCUT2D eigenvalue weighted by Gasteiger charge is -2.20. The summed E-state index contributed by atoms with van der Waals surface area (Å²) in [5, 5.41) is 8.48. The zero-order valence-electron chi connectivity index (χ0n) is 21.8. The van der Waals surface area contributed by atoms with Crippen molar-refractivity contribution in [3.8, 4) is 0 Å². The SMILES string of the molecule is Cc1nn(C(C)(C)C)c2nc(C(C)C)cc(C(=O)Nc3ccc4oc(=O)n(CCN(C)C)c4c3)c12. The summed E-state index contributed by atoms with van der Waals surface area (Å²) < 4.78 is 8.86. The molecule has 0 atom stereocenters. The van der Waals surface area contributed by atoms with Crippen LogP contribution in [0.2, 0.25) is 0 Å². The van der Waals surface area contributed by atoms with Gasteiger partial charge < -0.3 is 14.6 Å². The van der Waals surface area contributed by atoms with Crippen LogP contribution < -0.4 is 11.1 Å². The van der Waals surface area contributed by atoms with E-state index in [0.29, 0.717) is 41.1 Å². The predicted octanol–water partition coefficient (Wildman–Crippen LogP) is 4.34. The fraction of sp³-hybridized carbons (Fsp3) is 0.462. The molecule has 0 aliphatic heterocycles. The van der Waals surface area contributed by atoms with E-state index in [0.717, 1.165) is 16.8 Å². The molecule has 0 saturated carbocycles. The van der Waals surface area contributed by atoms with Crippen LogP contribution in [0.3, 0.4) is 0 Å². The van der Waals surface area contributed by atoms with Gasteiger partial charge in [0.05, 0.1) is 27.7 Å². The third-order valence-electron chi connectivity index (χ3n) is 6.00. The van der Waals surface area contributed by atoms with E-state index in [1.165, 1.54) is 0 Å². The first-order valence-electron chi connectivity index (χ1n) is 11.9. The summed E-state index contributed by atoms with van der Waals surface area (Å²) >= 11 is 0. The average Bonchev–Trinajstić information content (AvgIpc) is 3.27. The van der Waals surface area contributed by atoms with Gasteiger partial charge in [-0.2, -0.15) is 5.10 Å². The zero-order valence-corrected chi connectivity index (χ0v) is 21.8. The summed E-state index contributed by atoms with van der Waals surface area (Å²) in [6.07, 6.45) is 0. The Bertz CT molecular complexity index is 1470. The Hall–Kier alpha value is -3.46. The molecule has 1 aromatic carbocycles. The molecule has 1 amide bonds. The molecule has 0 unspecified atom stereocenters. The Morgan fingerprint density at radius 3 is 2.54 bits per heavy atom. The second kappa shape index (κ2) is 8.96. The number of aromatic nitrogens is 4. The molecule has 0 fully saturated rings. The van der Waals surface area contributed by atoms with Gasteiger partial charge in [0.15, 0.2) is 11.2 Å². The molecule has 1 N–H and O–H groups in total. The summed E-state index contributed by atoms with van der Waals surface area (Å²) in [5.41, 5.74) is 4.25. The van der Waals surface area contributed by atoms with Crippen LogP contribution in [-0.4, -0.2) is 50.8 Å². The zero-order chi connectivity index (χ0) is 25.7. The smallest absolute Gasteiger partial charge is 0.408 e. The minimum absolute atomic E-state index is 0.142. The van der Waals surface area contributed by atoms with Crippen molar-refractivity contribution in [1.29, 1.82) is 0 Å². The molecule has 9 nitrogen and oxygen atoms in total. The lowest BCUT2D eigenvalue weighted by Crippen LogP contribution is -2.24. The van der Waals surface area contributed by atoms with Crippen LogP contribution in [0.4, 0.5) is 5.69 Å². The van der Waals surface area contributed by atoms with Gasteiger partial charge in [-0.1, -0.05) is 13.8 Å². The number of oxazole rings is 1. The van der Waals surface area contributed by atoms with E-state index in [4.69, 9.17) is 14.5 Å². The van der Waals surface area contributed by atoms with Crippen molar-refractivity contribution in [1.82, 2.24) is 24.2 Å². The quantitative estimate of drug-likeness (QED) is 0.443. The highest BCUT2D eigenvalue weighted by atomic mass is 16.4. The van der Waals surface area contributed by atoms with Crippen LogP contribution in [0.25, 0.3) is 22.1 Å². The number of benzene rings is 1. The number of amides is 1. The van der Waals surface area contributed by atoms with E-state index in [1.807, 2.05) is 36.7 Å². The average molecular weight is 479 g/mol. The maximum absolute atomic E-state index is 13.6. The molecule has 4 aromatic rings. The molecule has 0 saturated heterocycles. The molecule has 0 aliphatic rings. The summed E-state index contributed by atoms with van der Waals surface area (Å²) in [6.45, 7) is 13.4. The van der Waals surface area contributed by atoms with Gasteiger partial charge in [-0.25, -0.2) is 14.5 Å². The molecule has 186 valence electrons. The predicted molar refractivity (Wildman–Crippen MR) is 138 cm³/mol. The van der Waals surface area contributed by atoms with E-state index in [1.54, 1.807) is 22.8 Å². The number of carbonyl (C=O) groups excluding carboxylic acids is 1. The first kappa shape index (κ1) is 24.7. The van der Waals surface area contributed by atoms with Crippen molar-refractivity contribution >= 4 is 33.7 Å². The van der Waals surface area contributed by atoms with Gasteiger partial charge in [0.2, 0.25) is 0 Å². The van der Waals surface area contributed by atoms with Crippen molar-refractivity contribution in [2.45, 2.75) is 59.5 Å². The highest BCUT2D eigenvalue weighted by molar-refractivity contribution is 6.13. The Morgan fingerprint density at radius 2 is 1.91 bits per heavy atom. The van der Waals surface area contributed by atoms with Crippen LogP contribution >= 0.6 is 0 Å². The number of aryl methyl sites for hydroxylation is 1. The number of hydrogen-bond donors (Lipinski definition) is 1. The summed E-state index contributed by atoms with van der Waals surface area (Å²) in [7, 11) is 3.90. The van der Waals surface area contributed by atoms with Crippen molar-refractivity contribution < 1.29 is 9.21 Å². The van der Waals surface area contributed by atoms with Crippen LogP contribution in [-0.2, 0) is 12.1 Å². The van der Waals surface area contributed by atoms with Crippen LogP contribution in [0.15, 0.2) is 33.5 Å². The topological polar surface area (TPSA) is 98.2 Å². The summed E-state index contributed by atoms with van der Waals surface area (Å²) in [6, 6.07) is 7.09. The molecule has 3 aromatic heterocycles. The summed E-state index contributed by atoms with van der Waals surface area (Å²) in [5.74, 6) is -0.517. The van der Waals surface area contributed by atoms with Gasteiger partial charge in [0, 0.05) is 24.5 Å². The van der Waals surface area contributed by atoms with Crippen molar-refractivity contribution in [2.75, 3.05) is 26.0 Å². The first-order valence-corrected chi connectivity index (χ1v) is 11.9. The third kappa shape index (κ3) is 4.73. The van der Waals surface area contributed by atoms with Crippen molar-refractivity contribution in [3.63, 3.8) is 0 Å². The Labute approximate surface area is 204 Å². The van der Waals surface area contributed by atoms with Crippen LogP contribution in [0, 0.1) is 6.92 Å². The van der Waals surface area contributed by atoms with Crippen LogP contribution in [0.1, 0.15) is 62.3 Å². The van der Waals surface area contributed by atoms with E-state index in [-0.39, 0.29) is 17.4 Å². The molecule has 0 bridgehead atoms. The third-order valence-corrected chi connectivity index (χ3v) is 6.00. The second-order valence-corrected chi connectivity index (χ2v) is 10.6. The monoisotopic (exact) mass is 478 g/mol. The number of rotatable bonds is 6. The fourth-order valence-corrected chi connectivity index (χ4v) is 4.10. The molecule has 35 heavy (non-hydrogen) atoms. The number of likely N-dealkylation sites (N-methyl/N-ethyl adjacent to an activating group) is 1. The molecule has 3 heterocycles. The lowest BCUT2D eigenvalue weighted by atomic mass is 10.0. The minimum Gasteiger partial charge on any atom is -0.408 e. The molecule has 0 spiro atoms. The van der Waals surface area contributed by atoms with Crippen molar-refractivity contribution in [2.24, 2.45) is 0 Å². The lowest BCUT2D eigenvalue weighted by molar-refractivity contribution is 0.102. The maximum atomic E-state index is 13.6. The van der Waals surface area contributed by atoms with Gasteiger partial charge in [-0.3, -0.25) is 9.36 Å². The number of nitrogens with one attached hydrogen (secondary N) is 1. The largest absolute Gasteiger partial charge is 0.419 e. The number of nitrogens with zero attached hydrogens (tertiary/aromatic N) is 5. The molecule has 9 heteroatoms. The normalized spacial score (nSPS) is 12.4. The maximum Gasteiger partial charge on any atom is 0.419 e. The number of anilines is 1. The first-order chi connectivity index (χ1) is 16.4. The number of pyridine rings is 1. The standard InChI is InChI=1S/C26H34N6O3/c1-15(2)19-14-18(22-16(3)29-32(23(22)28-19)26(4,5)6)24(33)27-17-9-10-21-20(13-17)31(25(34)35-21)12-11-30(7)8/h9-10,13-15H,11-12H2,1-8H3,(H,27,33). The summed E-state index contributed by atoms with van der Waals surface area (Å²) in [4.78, 5) is 32.8. The fourth-order valence-electron chi connectivity index (χ4n) is 4.10. The highest BCUT2D eigenvalue weighted by Crippen LogP contribution is 2.29. The van der Waals surface area contributed by atoms with Gasteiger partial charge in [0.1, 0.15) is 0 Å². The van der Waals surface area contributed by atoms with Crippen LogP contribution in [0.5, 0.6) is 0 Å². The Balaban J connectivity index is 1.78.